The van der Waals surface area contributed by atoms with Crippen molar-refractivity contribution in [1.29, 1.82) is 0 Å². The molecule has 20 heavy (non-hydrogen) atoms. The van der Waals surface area contributed by atoms with Crippen LogP contribution in [0.4, 0.5) is 5.82 Å². The summed E-state index contributed by atoms with van der Waals surface area (Å²) in [5.74, 6) is 2.56. The van der Waals surface area contributed by atoms with Crippen LogP contribution in [-0.2, 0) is 6.54 Å². The van der Waals surface area contributed by atoms with E-state index < -0.39 is 0 Å². The molecule has 0 bridgehead atoms. The lowest BCUT2D eigenvalue weighted by atomic mass is 9.89. The van der Waals surface area contributed by atoms with Crippen molar-refractivity contribution < 1.29 is 0 Å². The van der Waals surface area contributed by atoms with E-state index in [-0.39, 0.29) is 5.54 Å². The number of hydrogen-bond acceptors (Lipinski definition) is 4. The number of aromatic nitrogens is 2. The Labute approximate surface area is 123 Å². The standard InChI is InChI=1S/C16H28N4/c1-12-6-7-20(11-13(12)2)15-10-17-14(8-18-15)9-19-16(3,4)5/h8,10,12-13,19H,6-7,9,11H2,1-5H3. The van der Waals surface area contributed by atoms with Crippen molar-refractivity contribution in [3.63, 3.8) is 0 Å². The van der Waals surface area contributed by atoms with Gasteiger partial charge < -0.3 is 10.2 Å². The Morgan fingerprint density at radius 3 is 2.50 bits per heavy atom. The molecule has 1 aliphatic rings. The summed E-state index contributed by atoms with van der Waals surface area (Å²) in [6.45, 7) is 14.1. The molecule has 0 saturated carbocycles. The van der Waals surface area contributed by atoms with Crippen LogP contribution in [0.2, 0.25) is 0 Å². The van der Waals surface area contributed by atoms with Gasteiger partial charge in [0.25, 0.3) is 0 Å². The average molecular weight is 276 g/mol. The van der Waals surface area contributed by atoms with Crippen LogP contribution in [0.5, 0.6) is 0 Å². The molecule has 2 rings (SSSR count). The van der Waals surface area contributed by atoms with Crippen LogP contribution in [0.25, 0.3) is 0 Å². The molecule has 0 radical (unpaired) electrons. The van der Waals surface area contributed by atoms with Crippen LogP contribution in [0.3, 0.4) is 0 Å². The van der Waals surface area contributed by atoms with Gasteiger partial charge in [-0.3, -0.25) is 4.98 Å². The fraction of sp³-hybridized carbons (Fsp3) is 0.750. The highest BCUT2D eigenvalue weighted by atomic mass is 15.2. The minimum Gasteiger partial charge on any atom is -0.355 e. The quantitative estimate of drug-likeness (QED) is 0.921. The molecule has 0 amide bonds. The molecule has 1 fully saturated rings. The Balaban J connectivity index is 1.94. The zero-order valence-electron chi connectivity index (χ0n) is 13.5. The molecule has 0 aliphatic carbocycles. The van der Waals surface area contributed by atoms with Gasteiger partial charge in [-0.1, -0.05) is 13.8 Å². The number of hydrogen-bond donors (Lipinski definition) is 1. The van der Waals surface area contributed by atoms with Crippen molar-refractivity contribution in [3.05, 3.63) is 18.1 Å². The molecule has 0 aromatic carbocycles. The highest BCUT2D eigenvalue weighted by Gasteiger charge is 2.23. The van der Waals surface area contributed by atoms with Crippen LogP contribution in [-0.4, -0.2) is 28.6 Å². The number of piperidine rings is 1. The molecule has 1 aliphatic heterocycles. The Kier molecular flexibility index (Phi) is 4.63. The molecule has 4 nitrogen and oxygen atoms in total. The second-order valence-corrected chi connectivity index (χ2v) is 7.16. The summed E-state index contributed by atoms with van der Waals surface area (Å²) in [5, 5.41) is 3.43. The molecule has 1 N–H and O–H groups in total. The maximum absolute atomic E-state index is 4.59. The van der Waals surface area contributed by atoms with Crippen LogP contribution in [0.15, 0.2) is 12.4 Å². The molecule has 2 atom stereocenters. The SMILES string of the molecule is CC1CCN(c2cnc(CNC(C)(C)C)cn2)CC1C. The third kappa shape index (κ3) is 4.17. The van der Waals surface area contributed by atoms with Gasteiger partial charge in [-0.05, 0) is 39.0 Å². The number of nitrogens with zero attached hydrogens (tertiary/aromatic N) is 3. The van der Waals surface area contributed by atoms with E-state index in [1.54, 1.807) is 0 Å². The van der Waals surface area contributed by atoms with Gasteiger partial charge in [0.1, 0.15) is 5.82 Å². The predicted molar refractivity (Wildman–Crippen MR) is 83.8 cm³/mol. The van der Waals surface area contributed by atoms with Gasteiger partial charge in [0.15, 0.2) is 0 Å². The molecular weight excluding hydrogens is 248 g/mol. The van der Waals surface area contributed by atoms with Crippen molar-refractivity contribution in [2.24, 2.45) is 11.8 Å². The summed E-state index contributed by atoms with van der Waals surface area (Å²) in [7, 11) is 0. The molecule has 1 saturated heterocycles. The first-order valence-corrected chi connectivity index (χ1v) is 7.66. The van der Waals surface area contributed by atoms with E-state index >= 15 is 0 Å². The van der Waals surface area contributed by atoms with Crippen molar-refractivity contribution in [2.45, 2.75) is 53.1 Å². The molecule has 1 aromatic heterocycles. The smallest absolute Gasteiger partial charge is 0.147 e. The van der Waals surface area contributed by atoms with Gasteiger partial charge in [0, 0.05) is 25.2 Å². The van der Waals surface area contributed by atoms with Crippen molar-refractivity contribution >= 4 is 5.82 Å². The first-order chi connectivity index (χ1) is 9.35. The highest BCUT2D eigenvalue weighted by Crippen LogP contribution is 2.25. The van der Waals surface area contributed by atoms with E-state index in [0.29, 0.717) is 0 Å². The second-order valence-electron chi connectivity index (χ2n) is 7.16. The minimum absolute atomic E-state index is 0.110. The van der Waals surface area contributed by atoms with E-state index in [0.717, 1.165) is 43.0 Å². The summed E-state index contributed by atoms with van der Waals surface area (Å²) in [6.07, 6.45) is 5.06. The number of nitrogens with one attached hydrogen (secondary N) is 1. The van der Waals surface area contributed by atoms with Gasteiger partial charge in [0.2, 0.25) is 0 Å². The third-order valence-electron chi connectivity index (χ3n) is 4.15. The van der Waals surface area contributed by atoms with Crippen molar-refractivity contribution in [1.82, 2.24) is 15.3 Å². The van der Waals surface area contributed by atoms with Crippen LogP contribution >= 0.6 is 0 Å². The Morgan fingerprint density at radius 2 is 1.95 bits per heavy atom. The van der Waals surface area contributed by atoms with Crippen LogP contribution in [0, 0.1) is 11.8 Å². The van der Waals surface area contributed by atoms with Gasteiger partial charge in [0.05, 0.1) is 18.1 Å². The minimum atomic E-state index is 0.110. The Bertz CT molecular complexity index is 421. The first kappa shape index (κ1) is 15.2. The fourth-order valence-electron chi connectivity index (χ4n) is 2.43. The van der Waals surface area contributed by atoms with E-state index in [9.17, 15) is 0 Å². The highest BCUT2D eigenvalue weighted by molar-refractivity contribution is 5.36. The van der Waals surface area contributed by atoms with Crippen molar-refractivity contribution in [3.8, 4) is 0 Å². The summed E-state index contributed by atoms with van der Waals surface area (Å²) >= 11 is 0. The molecule has 2 unspecified atom stereocenters. The van der Waals surface area contributed by atoms with E-state index in [2.05, 4.69) is 54.8 Å². The largest absolute Gasteiger partial charge is 0.355 e. The monoisotopic (exact) mass is 276 g/mol. The molecule has 4 heteroatoms. The van der Waals surface area contributed by atoms with Gasteiger partial charge in [-0.2, -0.15) is 0 Å². The normalized spacial score (nSPS) is 23.9. The summed E-state index contributed by atoms with van der Waals surface area (Å²) < 4.78 is 0. The van der Waals surface area contributed by atoms with Gasteiger partial charge in [-0.25, -0.2) is 4.98 Å². The van der Waals surface area contributed by atoms with Gasteiger partial charge in [-0.15, -0.1) is 0 Å². The third-order valence-corrected chi connectivity index (χ3v) is 4.15. The maximum Gasteiger partial charge on any atom is 0.147 e. The fourth-order valence-corrected chi connectivity index (χ4v) is 2.43. The predicted octanol–water partition coefficient (Wildman–Crippen LogP) is 2.85. The molecular formula is C16H28N4. The lowest BCUT2D eigenvalue weighted by Gasteiger charge is -2.35. The second kappa shape index (κ2) is 6.08. The lowest BCUT2D eigenvalue weighted by Crippen LogP contribution is -2.39. The van der Waals surface area contributed by atoms with Gasteiger partial charge >= 0.3 is 0 Å². The van der Waals surface area contributed by atoms with Crippen molar-refractivity contribution in [2.75, 3.05) is 18.0 Å². The summed E-state index contributed by atoms with van der Waals surface area (Å²) in [4.78, 5) is 11.5. The topological polar surface area (TPSA) is 41.1 Å². The first-order valence-electron chi connectivity index (χ1n) is 7.66. The number of anilines is 1. The van der Waals surface area contributed by atoms with E-state index in [4.69, 9.17) is 0 Å². The van der Waals surface area contributed by atoms with Crippen LogP contribution < -0.4 is 10.2 Å². The van der Waals surface area contributed by atoms with E-state index in [1.807, 2.05) is 12.4 Å². The molecule has 0 spiro atoms. The Hall–Kier alpha value is -1.16. The number of rotatable bonds is 3. The summed E-state index contributed by atoms with van der Waals surface area (Å²) in [5.41, 5.74) is 1.11. The zero-order chi connectivity index (χ0) is 14.8. The van der Waals surface area contributed by atoms with Crippen LogP contribution in [0.1, 0.15) is 46.7 Å². The van der Waals surface area contributed by atoms with E-state index in [1.165, 1.54) is 6.42 Å². The molecule has 2 heterocycles. The average Bonchev–Trinajstić information content (AvgIpc) is 2.39. The Morgan fingerprint density at radius 1 is 1.20 bits per heavy atom. The zero-order valence-corrected chi connectivity index (χ0v) is 13.5. The molecule has 112 valence electrons. The molecule has 1 aromatic rings. The maximum atomic E-state index is 4.59. The summed E-state index contributed by atoms with van der Waals surface area (Å²) in [6, 6.07) is 0. The lowest BCUT2D eigenvalue weighted by molar-refractivity contribution is 0.322.